The highest BCUT2D eigenvalue weighted by atomic mass is 79.9. The van der Waals surface area contributed by atoms with Crippen LogP contribution < -0.4 is 11.1 Å². The fourth-order valence-corrected chi connectivity index (χ4v) is 1.88. The lowest BCUT2D eigenvalue weighted by atomic mass is 10.3. The van der Waals surface area contributed by atoms with Crippen molar-refractivity contribution in [2.75, 3.05) is 5.32 Å². The van der Waals surface area contributed by atoms with Crippen molar-refractivity contribution in [3.63, 3.8) is 0 Å². The Morgan fingerprint density at radius 2 is 2.22 bits per heavy atom. The number of para-hydroxylation sites is 1. The van der Waals surface area contributed by atoms with Gasteiger partial charge in [-0.2, -0.15) is 5.10 Å². The Bertz CT molecular complexity index is 553. The van der Waals surface area contributed by atoms with Crippen molar-refractivity contribution < 1.29 is 4.79 Å². The van der Waals surface area contributed by atoms with E-state index in [1.165, 1.54) is 0 Å². The summed E-state index contributed by atoms with van der Waals surface area (Å²) >= 11 is 3.37. The molecule has 0 atom stereocenters. The molecule has 2 aromatic rings. The summed E-state index contributed by atoms with van der Waals surface area (Å²) in [6.07, 6.45) is 3.42. The third-order valence-corrected chi connectivity index (χ3v) is 3.07. The molecule has 0 aliphatic heterocycles. The van der Waals surface area contributed by atoms with E-state index in [9.17, 15) is 4.79 Å². The molecule has 1 amide bonds. The van der Waals surface area contributed by atoms with Gasteiger partial charge < -0.3 is 11.1 Å². The maximum Gasteiger partial charge on any atom is 0.246 e. The maximum absolute atomic E-state index is 11.8. The van der Waals surface area contributed by atoms with Gasteiger partial charge in [-0.25, -0.2) is 0 Å². The van der Waals surface area contributed by atoms with Gasteiger partial charge in [0, 0.05) is 22.8 Å². The van der Waals surface area contributed by atoms with Gasteiger partial charge in [-0.15, -0.1) is 0 Å². The van der Waals surface area contributed by atoms with Crippen LogP contribution in [0, 0.1) is 0 Å². The Kier molecular flexibility index (Phi) is 4.11. The molecule has 1 aromatic heterocycles. The van der Waals surface area contributed by atoms with Crippen LogP contribution in [0.15, 0.2) is 41.1 Å². The van der Waals surface area contributed by atoms with Crippen molar-refractivity contribution in [1.82, 2.24) is 9.78 Å². The lowest BCUT2D eigenvalue weighted by Crippen LogP contribution is -2.19. The van der Waals surface area contributed by atoms with E-state index in [1.807, 2.05) is 24.3 Å². The van der Waals surface area contributed by atoms with Crippen LogP contribution in [-0.4, -0.2) is 15.7 Å². The van der Waals surface area contributed by atoms with Crippen molar-refractivity contribution in [3.05, 3.63) is 46.7 Å². The minimum absolute atomic E-state index is 0.131. The minimum atomic E-state index is -0.131. The number of anilines is 1. The number of carbonyl (C=O) groups excluding carboxylic acids is 1. The molecule has 0 fully saturated rings. The number of nitrogens with zero attached hydrogens (tertiary/aromatic N) is 2. The summed E-state index contributed by atoms with van der Waals surface area (Å²) in [4.78, 5) is 11.8. The molecule has 6 heteroatoms. The number of amides is 1. The summed E-state index contributed by atoms with van der Waals surface area (Å²) in [5.41, 5.74) is 7.13. The Labute approximate surface area is 113 Å². The molecule has 0 spiro atoms. The topological polar surface area (TPSA) is 72.9 Å². The number of nitrogens with one attached hydrogen (secondary N) is 1. The van der Waals surface area contributed by atoms with E-state index in [-0.39, 0.29) is 12.5 Å². The lowest BCUT2D eigenvalue weighted by Gasteiger charge is -2.06. The zero-order valence-electron chi connectivity index (χ0n) is 9.64. The zero-order chi connectivity index (χ0) is 13.0. The monoisotopic (exact) mass is 308 g/mol. The van der Waals surface area contributed by atoms with E-state index in [0.29, 0.717) is 6.54 Å². The number of carbonyl (C=O) groups is 1. The molecule has 94 valence electrons. The van der Waals surface area contributed by atoms with E-state index in [4.69, 9.17) is 5.73 Å². The van der Waals surface area contributed by atoms with Gasteiger partial charge in [-0.1, -0.05) is 12.1 Å². The Morgan fingerprint density at radius 3 is 2.89 bits per heavy atom. The van der Waals surface area contributed by atoms with Gasteiger partial charge in [0.05, 0.1) is 11.9 Å². The van der Waals surface area contributed by atoms with E-state index in [1.54, 1.807) is 17.1 Å². The number of rotatable bonds is 4. The first-order valence-corrected chi connectivity index (χ1v) is 6.24. The van der Waals surface area contributed by atoms with E-state index < -0.39 is 0 Å². The zero-order valence-corrected chi connectivity index (χ0v) is 11.2. The van der Waals surface area contributed by atoms with Crippen LogP contribution in [0.25, 0.3) is 0 Å². The maximum atomic E-state index is 11.8. The summed E-state index contributed by atoms with van der Waals surface area (Å²) in [6.45, 7) is 0.590. The van der Waals surface area contributed by atoms with Crippen molar-refractivity contribution in [3.8, 4) is 0 Å². The molecule has 0 saturated carbocycles. The number of hydrogen-bond acceptors (Lipinski definition) is 3. The summed E-state index contributed by atoms with van der Waals surface area (Å²) in [5, 5.41) is 6.86. The molecule has 2 rings (SSSR count). The van der Waals surface area contributed by atoms with Crippen LogP contribution in [0.4, 0.5) is 5.69 Å². The van der Waals surface area contributed by atoms with Gasteiger partial charge in [0.1, 0.15) is 6.54 Å². The number of nitrogens with two attached hydrogens (primary N) is 1. The van der Waals surface area contributed by atoms with Gasteiger partial charge in [0.25, 0.3) is 0 Å². The second kappa shape index (κ2) is 5.79. The molecule has 18 heavy (non-hydrogen) atoms. The molecule has 0 saturated heterocycles. The van der Waals surface area contributed by atoms with Gasteiger partial charge >= 0.3 is 0 Å². The van der Waals surface area contributed by atoms with E-state index in [2.05, 4.69) is 26.3 Å². The molecular formula is C12H13BrN4O. The van der Waals surface area contributed by atoms with Crippen LogP contribution in [-0.2, 0) is 17.9 Å². The first-order valence-electron chi connectivity index (χ1n) is 5.45. The molecule has 1 aromatic carbocycles. The SMILES string of the molecule is NCc1cnn(CC(=O)Nc2ccccc2Br)c1. The second-order valence-electron chi connectivity index (χ2n) is 3.78. The largest absolute Gasteiger partial charge is 0.326 e. The average Bonchev–Trinajstić information content (AvgIpc) is 2.80. The first-order chi connectivity index (χ1) is 8.69. The number of aromatic nitrogens is 2. The van der Waals surface area contributed by atoms with Crippen LogP contribution in [0.1, 0.15) is 5.56 Å². The Hall–Kier alpha value is -1.66. The molecule has 0 aliphatic rings. The second-order valence-corrected chi connectivity index (χ2v) is 4.63. The smallest absolute Gasteiger partial charge is 0.246 e. The Balaban J connectivity index is 1.99. The summed E-state index contributed by atoms with van der Waals surface area (Å²) in [6, 6.07) is 7.45. The van der Waals surface area contributed by atoms with Gasteiger partial charge in [0.2, 0.25) is 5.91 Å². The van der Waals surface area contributed by atoms with Crippen molar-refractivity contribution >= 4 is 27.5 Å². The van der Waals surface area contributed by atoms with Crippen LogP contribution in [0.3, 0.4) is 0 Å². The molecular weight excluding hydrogens is 296 g/mol. The number of halogens is 1. The van der Waals surface area contributed by atoms with E-state index >= 15 is 0 Å². The number of hydrogen-bond donors (Lipinski definition) is 2. The summed E-state index contributed by atoms with van der Waals surface area (Å²) in [7, 11) is 0. The quantitative estimate of drug-likeness (QED) is 0.903. The molecule has 0 bridgehead atoms. The van der Waals surface area contributed by atoms with Gasteiger partial charge in [0.15, 0.2) is 0 Å². The summed E-state index contributed by atoms with van der Waals surface area (Å²) in [5.74, 6) is -0.131. The highest BCUT2D eigenvalue weighted by Crippen LogP contribution is 2.20. The number of benzene rings is 1. The van der Waals surface area contributed by atoms with Gasteiger partial charge in [-0.05, 0) is 28.1 Å². The normalized spacial score (nSPS) is 10.3. The van der Waals surface area contributed by atoms with Gasteiger partial charge in [-0.3, -0.25) is 9.48 Å². The summed E-state index contributed by atoms with van der Waals surface area (Å²) < 4.78 is 2.41. The van der Waals surface area contributed by atoms with Crippen LogP contribution in [0.5, 0.6) is 0 Å². The molecule has 1 heterocycles. The van der Waals surface area contributed by atoms with Crippen LogP contribution >= 0.6 is 15.9 Å². The lowest BCUT2D eigenvalue weighted by molar-refractivity contribution is -0.116. The predicted molar refractivity (Wildman–Crippen MR) is 72.9 cm³/mol. The highest BCUT2D eigenvalue weighted by molar-refractivity contribution is 9.10. The highest BCUT2D eigenvalue weighted by Gasteiger charge is 2.06. The van der Waals surface area contributed by atoms with Crippen molar-refractivity contribution in [2.45, 2.75) is 13.1 Å². The van der Waals surface area contributed by atoms with E-state index in [0.717, 1.165) is 15.7 Å². The Morgan fingerprint density at radius 1 is 1.44 bits per heavy atom. The molecule has 0 radical (unpaired) electrons. The standard InChI is InChI=1S/C12H13BrN4O/c13-10-3-1-2-4-11(10)16-12(18)8-17-7-9(5-14)6-15-17/h1-4,6-7H,5,8,14H2,(H,16,18). The third kappa shape index (κ3) is 3.18. The third-order valence-electron chi connectivity index (χ3n) is 2.38. The average molecular weight is 309 g/mol. The fraction of sp³-hybridized carbons (Fsp3) is 0.167. The molecule has 5 nitrogen and oxygen atoms in total. The van der Waals surface area contributed by atoms with Crippen molar-refractivity contribution in [1.29, 1.82) is 0 Å². The molecule has 0 unspecified atom stereocenters. The predicted octanol–water partition coefficient (Wildman–Crippen LogP) is 1.74. The molecule has 0 aliphatic carbocycles. The fourth-order valence-electron chi connectivity index (χ4n) is 1.50. The van der Waals surface area contributed by atoms with Crippen molar-refractivity contribution in [2.24, 2.45) is 5.73 Å². The first kappa shape index (κ1) is 12.8. The van der Waals surface area contributed by atoms with Crippen LogP contribution in [0.2, 0.25) is 0 Å². The molecule has 3 N–H and O–H groups in total. The minimum Gasteiger partial charge on any atom is -0.326 e.